The van der Waals surface area contributed by atoms with Gasteiger partial charge in [-0.25, -0.2) is 9.07 Å². The lowest BCUT2D eigenvalue weighted by Crippen LogP contribution is -2.39. The molecule has 3 rings (SSSR count). The van der Waals surface area contributed by atoms with Crippen LogP contribution in [-0.4, -0.2) is 51.7 Å². The Bertz CT molecular complexity index is 1020. The molecule has 6 nitrogen and oxygen atoms in total. The van der Waals surface area contributed by atoms with Gasteiger partial charge in [-0.05, 0) is 63.1 Å². The molecular formula is C28H38FN3O3. The van der Waals surface area contributed by atoms with Gasteiger partial charge in [-0.3, -0.25) is 4.90 Å². The number of ether oxygens (including phenoxy) is 2. The molecule has 0 amide bonds. The summed E-state index contributed by atoms with van der Waals surface area (Å²) in [5, 5.41) is 15.5. The highest BCUT2D eigenvalue weighted by molar-refractivity contribution is 5.43. The van der Waals surface area contributed by atoms with E-state index in [4.69, 9.17) is 14.6 Å². The van der Waals surface area contributed by atoms with Crippen molar-refractivity contribution < 1.29 is 19.0 Å². The van der Waals surface area contributed by atoms with Crippen LogP contribution in [0, 0.1) is 5.82 Å². The van der Waals surface area contributed by atoms with Gasteiger partial charge in [-0.2, -0.15) is 5.10 Å². The van der Waals surface area contributed by atoms with Gasteiger partial charge in [0.2, 0.25) is 5.88 Å². The van der Waals surface area contributed by atoms with Crippen molar-refractivity contribution in [3.05, 3.63) is 71.7 Å². The van der Waals surface area contributed by atoms with Crippen molar-refractivity contribution in [3.8, 4) is 17.3 Å². The van der Waals surface area contributed by atoms with E-state index in [0.29, 0.717) is 37.9 Å². The van der Waals surface area contributed by atoms with Crippen LogP contribution >= 0.6 is 0 Å². The van der Waals surface area contributed by atoms with E-state index in [-0.39, 0.29) is 11.9 Å². The average Bonchev–Trinajstić information content (AvgIpc) is 3.20. The number of rotatable bonds is 14. The summed E-state index contributed by atoms with van der Waals surface area (Å²) >= 11 is 0. The first-order valence-corrected chi connectivity index (χ1v) is 12.5. The molecular weight excluding hydrogens is 445 g/mol. The van der Waals surface area contributed by atoms with E-state index >= 15 is 0 Å². The van der Waals surface area contributed by atoms with E-state index in [0.717, 1.165) is 36.2 Å². The third kappa shape index (κ3) is 7.62. The zero-order valence-corrected chi connectivity index (χ0v) is 21.3. The molecule has 190 valence electrons. The maximum absolute atomic E-state index is 13.5. The Balaban J connectivity index is 1.92. The Morgan fingerprint density at radius 2 is 1.77 bits per heavy atom. The number of aromatic nitrogens is 2. The van der Waals surface area contributed by atoms with Gasteiger partial charge < -0.3 is 14.6 Å². The Hall–Kier alpha value is -2.74. The molecule has 35 heavy (non-hydrogen) atoms. The molecule has 0 aliphatic heterocycles. The molecule has 0 bridgehead atoms. The SMILES string of the molecule is CCCCOCC(O)CN(Cc1c(CC)nn(-c2ccccc2)c1Oc1ccc(F)cc1)C(C)C. The highest BCUT2D eigenvalue weighted by Gasteiger charge is 2.25. The summed E-state index contributed by atoms with van der Waals surface area (Å²) in [4.78, 5) is 2.21. The van der Waals surface area contributed by atoms with Crippen molar-refractivity contribution in [2.24, 2.45) is 0 Å². The van der Waals surface area contributed by atoms with Crippen molar-refractivity contribution >= 4 is 0 Å². The molecule has 1 aromatic heterocycles. The first-order valence-electron chi connectivity index (χ1n) is 12.5. The number of nitrogens with zero attached hydrogens (tertiary/aromatic N) is 3. The molecule has 2 aromatic carbocycles. The number of hydrogen-bond acceptors (Lipinski definition) is 5. The topological polar surface area (TPSA) is 59.8 Å². The second kappa shape index (κ2) is 13.4. The Morgan fingerprint density at radius 3 is 2.40 bits per heavy atom. The molecule has 1 atom stereocenters. The monoisotopic (exact) mass is 483 g/mol. The summed E-state index contributed by atoms with van der Waals surface area (Å²) in [5.74, 6) is 0.816. The molecule has 0 saturated carbocycles. The lowest BCUT2D eigenvalue weighted by atomic mass is 10.1. The Labute approximate surface area is 208 Å². The first-order chi connectivity index (χ1) is 16.9. The van der Waals surface area contributed by atoms with E-state index in [1.807, 2.05) is 30.3 Å². The number of halogens is 1. The van der Waals surface area contributed by atoms with Crippen molar-refractivity contribution in [3.63, 3.8) is 0 Å². The minimum absolute atomic E-state index is 0.184. The van der Waals surface area contributed by atoms with Crippen LogP contribution in [0.1, 0.15) is 51.8 Å². The number of aliphatic hydroxyl groups excluding tert-OH is 1. The van der Waals surface area contributed by atoms with Crippen molar-refractivity contribution in [2.75, 3.05) is 19.8 Å². The van der Waals surface area contributed by atoms with Crippen LogP contribution in [-0.2, 0) is 17.7 Å². The molecule has 0 saturated heterocycles. The maximum atomic E-state index is 13.5. The highest BCUT2D eigenvalue weighted by Crippen LogP contribution is 2.32. The van der Waals surface area contributed by atoms with Crippen molar-refractivity contribution in [1.82, 2.24) is 14.7 Å². The molecule has 0 aliphatic carbocycles. The summed E-state index contributed by atoms with van der Waals surface area (Å²) in [6.07, 6.45) is 2.19. The summed E-state index contributed by atoms with van der Waals surface area (Å²) in [6.45, 7) is 10.4. The summed E-state index contributed by atoms with van der Waals surface area (Å²) in [6, 6.07) is 16.0. The fraction of sp³-hybridized carbons (Fsp3) is 0.464. The van der Waals surface area contributed by atoms with Gasteiger partial charge in [0.05, 0.1) is 29.7 Å². The summed E-state index contributed by atoms with van der Waals surface area (Å²) < 4.78 is 27.3. The van der Waals surface area contributed by atoms with Crippen LogP contribution < -0.4 is 4.74 Å². The van der Waals surface area contributed by atoms with Gasteiger partial charge in [-0.15, -0.1) is 0 Å². The highest BCUT2D eigenvalue weighted by atomic mass is 19.1. The van der Waals surface area contributed by atoms with Gasteiger partial charge in [0.15, 0.2) is 0 Å². The third-order valence-electron chi connectivity index (χ3n) is 5.87. The number of para-hydroxylation sites is 1. The molecule has 0 aliphatic rings. The van der Waals surface area contributed by atoms with E-state index < -0.39 is 6.10 Å². The number of aliphatic hydroxyl groups is 1. The molecule has 0 radical (unpaired) electrons. The van der Waals surface area contributed by atoms with E-state index in [2.05, 4.69) is 32.6 Å². The average molecular weight is 484 g/mol. The van der Waals surface area contributed by atoms with Gasteiger partial charge in [0.1, 0.15) is 11.6 Å². The van der Waals surface area contributed by atoms with Gasteiger partial charge >= 0.3 is 0 Å². The second-order valence-corrected chi connectivity index (χ2v) is 8.99. The normalized spacial score (nSPS) is 12.5. The quantitative estimate of drug-likeness (QED) is 0.296. The zero-order chi connectivity index (χ0) is 25.2. The number of aryl methyl sites for hydroxylation is 1. The third-order valence-corrected chi connectivity index (χ3v) is 5.87. The molecule has 7 heteroatoms. The van der Waals surface area contributed by atoms with E-state index in [1.54, 1.807) is 16.8 Å². The van der Waals surface area contributed by atoms with Crippen molar-refractivity contribution in [1.29, 1.82) is 0 Å². The molecule has 1 N–H and O–H groups in total. The standard InChI is InChI=1S/C28H38FN3O3/c1-5-7-17-34-20-24(33)18-31(21(3)4)19-26-27(6-2)30-32(23-11-9-8-10-12-23)28(26)35-25-15-13-22(29)14-16-25/h8-16,21,24,33H,5-7,17-20H2,1-4H3. The van der Waals surface area contributed by atoms with Crippen LogP contribution in [0.3, 0.4) is 0 Å². The van der Waals surface area contributed by atoms with Crippen molar-refractivity contribution in [2.45, 2.75) is 65.6 Å². The predicted molar refractivity (Wildman–Crippen MR) is 137 cm³/mol. The fourth-order valence-electron chi connectivity index (χ4n) is 3.83. The largest absolute Gasteiger partial charge is 0.439 e. The van der Waals surface area contributed by atoms with Gasteiger partial charge in [-0.1, -0.05) is 38.5 Å². The lowest BCUT2D eigenvalue weighted by molar-refractivity contribution is 0.00841. The molecule has 1 unspecified atom stereocenters. The minimum Gasteiger partial charge on any atom is -0.439 e. The molecule has 0 fully saturated rings. The van der Waals surface area contributed by atoms with Crippen LogP contribution in [0.4, 0.5) is 4.39 Å². The Morgan fingerprint density at radius 1 is 1.06 bits per heavy atom. The Kier molecular flexibility index (Phi) is 10.3. The van der Waals surface area contributed by atoms with Crippen LogP contribution in [0.25, 0.3) is 5.69 Å². The van der Waals surface area contributed by atoms with E-state index in [9.17, 15) is 9.50 Å². The molecule has 3 aromatic rings. The number of unbranched alkanes of at least 4 members (excludes halogenated alkanes) is 1. The minimum atomic E-state index is -0.593. The maximum Gasteiger partial charge on any atom is 0.227 e. The summed E-state index contributed by atoms with van der Waals surface area (Å²) in [5.41, 5.74) is 2.75. The lowest BCUT2D eigenvalue weighted by Gasteiger charge is -2.29. The number of hydrogen-bond donors (Lipinski definition) is 1. The van der Waals surface area contributed by atoms with Crippen LogP contribution in [0.15, 0.2) is 54.6 Å². The first kappa shape index (κ1) is 26.9. The fourth-order valence-corrected chi connectivity index (χ4v) is 3.83. The summed E-state index contributed by atoms with van der Waals surface area (Å²) in [7, 11) is 0. The molecule has 1 heterocycles. The van der Waals surface area contributed by atoms with E-state index in [1.165, 1.54) is 12.1 Å². The zero-order valence-electron chi connectivity index (χ0n) is 21.3. The van der Waals surface area contributed by atoms with Crippen LogP contribution in [0.2, 0.25) is 0 Å². The second-order valence-electron chi connectivity index (χ2n) is 8.99. The van der Waals surface area contributed by atoms with Crippen LogP contribution in [0.5, 0.6) is 11.6 Å². The van der Waals surface area contributed by atoms with Gasteiger partial charge in [0, 0.05) is 25.7 Å². The van der Waals surface area contributed by atoms with Gasteiger partial charge in [0.25, 0.3) is 0 Å². The smallest absolute Gasteiger partial charge is 0.227 e. The number of benzene rings is 2. The molecule has 0 spiro atoms. The predicted octanol–water partition coefficient (Wildman–Crippen LogP) is 5.75.